The molecule has 0 radical (unpaired) electrons. The van der Waals surface area contributed by atoms with Crippen LogP contribution in [0.4, 0.5) is 0 Å². The number of alkyl halides is 1. The molecule has 1 aromatic heterocycles. The van der Waals surface area contributed by atoms with Gasteiger partial charge in [-0.2, -0.15) is 0 Å². The van der Waals surface area contributed by atoms with Crippen LogP contribution in [0.15, 0.2) is 18.3 Å². The summed E-state index contributed by atoms with van der Waals surface area (Å²) in [6, 6.07) is 2.87. The second-order valence-corrected chi connectivity index (χ2v) is 3.26. The Kier molecular flexibility index (Phi) is 3.65. The number of aliphatic hydroxyl groups excluding tert-OH is 2. The maximum Gasteiger partial charge on any atom is 0.133 e. The highest BCUT2D eigenvalue weighted by molar-refractivity contribution is 9.09. The van der Waals surface area contributed by atoms with Crippen molar-refractivity contribution in [2.75, 3.05) is 5.33 Å². The third kappa shape index (κ3) is 2.65. The molecule has 0 bridgehead atoms. The minimum atomic E-state index is -1.03. The van der Waals surface area contributed by atoms with Crippen molar-refractivity contribution in [1.82, 2.24) is 4.98 Å². The molecule has 0 saturated heterocycles. The predicted octanol–water partition coefficient (Wildman–Crippen LogP) is 0.576. The average molecular weight is 248 g/mol. The van der Waals surface area contributed by atoms with E-state index in [-0.39, 0.29) is 11.1 Å². The molecule has 2 atom stereocenters. The van der Waals surface area contributed by atoms with Gasteiger partial charge in [0.15, 0.2) is 0 Å². The first-order chi connectivity index (χ1) is 6.15. The van der Waals surface area contributed by atoms with Crippen LogP contribution in [0.25, 0.3) is 0 Å². The van der Waals surface area contributed by atoms with Crippen molar-refractivity contribution in [3.05, 3.63) is 24.0 Å². The number of hydrogen-bond donors (Lipinski definition) is 3. The normalized spacial score (nSPS) is 15.3. The molecule has 0 aliphatic heterocycles. The Hall–Kier alpha value is -0.650. The quantitative estimate of drug-likeness (QED) is 0.684. The molecule has 5 heteroatoms. The predicted molar refractivity (Wildman–Crippen MR) is 50.7 cm³/mol. The van der Waals surface area contributed by atoms with Gasteiger partial charge in [0.05, 0.1) is 18.0 Å². The Morgan fingerprint density at radius 1 is 1.38 bits per heavy atom. The zero-order valence-corrected chi connectivity index (χ0v) is 8.35. The van der Waals surface area contributed by atoms with Gasteiger partial charge in [0.2, 0.25) is 0 Å². The molecule has 0 aromatic carbocycles. The van der Waals surface area contributed by atoms with Gasteiger partial charge in [0.25, 0.3) is 0 Å². The van der Waals surface area contributed by atoms with E-state index in [1.165, 1.54) is 18.3 Å². The van der Waals surface area contributed by atoms with Crippen LogP contribution in [0.3, 0.4) is 0 Å². The van der Waals surface area contributed by atoms with Crippen LogP contribution in [0.5, 0.6) is 5.75 Å². The fourth-order valence-corrected chi connectivity index (χ4v) is 1.21. The standard InChI is InChI=1S/C8H10BrNO3/c9-3-7(12)8(13)6-2-1-5(11)4-10-6/h1-2,4,7-8,11-13H,3H2. The van der Waals surface area contributed by atoms with Crippen molar-refractivity contribution in [3.63, 3.8) is 0 Å². The smallest absolute Gasteiger partial charge is 0.133 e. The zero-order chi connectivity index (χ0) is 9.84. The third-order valence-electron chi connectivity index (χ3n) is 1.60. The monoisotopic (exact) mass is 247 g/mol. The molecule has 0 aliphatic carbocycles. The van der Waals surface area contributed by atoms with Crippen molar-refractivity contribution < 1.29 is 15.3 Å². The first kappa shape index (κ1) is 10.4. The summed E-state index contributed by atoms with van der Waals surface area (Å²) in [6.45, 7) is 0. The third-order valence-corrected chi connectivity index (χ3v) is 2.26. The Morgan fingerprint density at radius 2 is 2.08 bits per heavy atom. The van der Waals surface area contributed by atoms with E-state index in [2.05, 4.69) is 20.9 Å². The molecule has 1 aromatic rings. The Morgan fingerprint density at radius 3 is 2.54 bits per heavy atom. The van der Waals surface area contributed by atoms with E-state index in [0.717, 1.165) is 0 Å². The Labute approximate surface area is 84.0 Å². The number of halogens is 1. The molecule has 0 fully saturated rings. The summed E-state index contributed by atoms with van der Waals surface area (Å²) in [5.74, 6) is 0.0317. The average Bonchev–Trinajstić information content (AvgIpc) is 2.17. The minimum absolute atomic E-state index is 0.0317. The van der Waals surface area contributed by atoms with Gasteiger partial charge < -0.3 is 15.3 Å². The topological polar surface area (TPSA) is 73.6 Å². The van der Waals surface area contributed by atoms with Crippen LogP contribution < -0.4 is 0 Å². The van der Waals surface area contributed by atoms with Crippen LogP contribution in [-0.2, 0) is 0 Å². The molecule has 2 unspecified atom stereocenters. The first-order valence-electron chi connectivity index (χ1n) is 3.72. The number of nitrogens with zero attached hydrogens (tertiary/aromatic N) is 1. The van der Waals surface area contributed by atoms with Crippen LogP contribution in [0.1, 0.15) is 11.8 Å². The van der Waals surface area contributed by atoms with E-state index in [1.54, 1.807) is 0 Å². The molecule has 4 nitrogen and oxygen atoms in total. The molecule has 0 spiro atoms. The molecule has 1 heterocycles. The van der Waals surface area contributed by atoms with E-state index in [1.807, 2.05) is 0 Å². The molecule has 72 valence electrons. The lowest BCUT2D eigenvalue weighted by molar-refractivity contribution is 0.0315. The summed E-state index contributed by atoms with van der Waals surface area (Å²) in [6.07, 6.45) is -0.698. The van der Waals surface area contributed by atoms with E-state index < -0.39 is 12.2 Å². The van der Waals surface area contributed by atoms with Gasteiger partial charge >= 0.3 is 0 Å². The Bertz CT molecular complexity index is 265. The number of pyridine rings is 1. The highest BCUT2D eigenvalue weighted by Gasteiger charge is 2.17. The number of aromatic nitrogens is 1. The van der Waals surface area contributed by atoms with E-state index >= 15 is 0 Å². The van der Waals surface area contributed by atoms with E-state index in [4.69, 9.17) is 5.11 Å². The summed E-state index contributed by atoms with van der Waals surface area (Å²) in [7, 11) is 0. The van der Waals surface area contributed by atoms with Crippen molar-refractivity contribution in [2.24, 2.45) is 0 Å². The first-order valence-corrected chi connectivity index (χ1v) is 4.84. The molecule has 0 aliphatic rings. The fourth-order valence-electron chi connectivity index (χ4n) is 0.854. The van der Waals surface area contributed by atoms with Gasteiger partial charge in [-0.1, -0.05) is 15.9 Å². The largest absolute Gasteiger partial charge is 0.506 e. The van der Waals surface area contributed by atoms with Gasteiger partial charge in [0.1, 0.15) is 11.9 Å². The molecule has 0 amide bonds. The highest BCUT2D eigenvalue weighted by Crippen LogP contribution is 2.17. The zero-order valence-electron chi connectivity index (χ0n) is 6.76. The molecule has 13 heavy (non-hydrogen) atoms. The summed E-state index contributed by atoms with van der Waals surface area (Å²) >= 11 is 3.04. The van der Waals surface area contributed by atoms with E-state index in [0.29, 0.717) is 5.69 Å². The highest BCUT2D eigenvalue weighted by atomic mass is 79.9. The summed E-state index contributed by atoms with van der Waals surface area (Å²) < 4.78 is 0. The number of aliphatic hydroxyl groups is 2. The lowest BCUT2D eigenvalue weighted by Crippen LogP contribution is -2.20. The molecular weight excluding hydrogens is 238 g/mol. The second kappa shape index (κ2) is 4.55. The van der Waals surface area contributed by atoms with E-state index in [9.17, 15) is 10.2 Å². The number of hydrogen-bond acceptors (Lipinski definition) is 4. The fraction of sp³-hybridized carbons (Fsp3) is 0.375. The van der Waals surface area contributed by atoms with Gasteiger partial charge in [-0.25, -0.2) is 0 Å². The van der Waals surface area contributed by atoms with Gasteiger partial charge in [-0.15, -0.1) is 0 Å². The van der Waals surface area contributed by atoms with Gasteiger partial charge in [-0.05, 0) is 12.1 Å². The number of rotatable bonds is 3. The van der Waals surface area contributed by atoms with Crippen molar-refractivity contribution in [1.29, 1.82) is 0 Å². The maximum atomic E-state index is 9.46. The van der Waals surface area contributed by atoms with Crippen LogP contribution in [-0.4, -0.2) is 31.7 Å². The summed E-state index contributed by atoms with van der Waals surface area (Å²) in [5.41, 5.74) is 0.338. The summed E-state index contributed by atoms with van der Waals surface area (Å²) in [4.78, 5) is 3.77. The second-order valence-electron chi connectivity index (χ2n) is 2.61. The van der Waals surface area contributed by atoms with Gasteiger partial charge in [-0.3, -0.25) is 4.98 Å². The molecule has 1 rings (SSSR count). The molecular formula is C8H10BrNO3. The molecule has 3 N–H and O–H groups in total. The maximum absolute atomic E-state index is 9.46. The number of aromatic hydroxyl groups is 1. The summed E-state index contributed by atoms with van der Waals surface area (Å²) in [5, 5.41) is 27.9. The van der Waals surface area contributed by atoms with Crippen LogP contribution in [0, 0.1) is 0 Å². The minimum Gasteiger partial charge on any atom is -0.506 e. The molecule has 0 saturated carbocycles. The van der Waals surface area contributed by atoms with Gasteiger partial charge in [0, 0.05) is 5.33 Å². The van der Waals surface area contributed by atoms with Crippen LogP contribution in [0.2, 0.25) is 0 Å². The lowest BCUT2D eigenvalue weighted by Gasteiger charge is -2.14. The Balaban J connectivity index is 2.77. The SMILES string of the molecule is Oc1ccc(C(O)C(O)CBr)nc1. The van der Waals surface area contributed by atoms with Crippen molar-refractivity contribution in [2.45, 2.75) is 12.2 Å². The lowest BCUT2D eigenvalue weighted by atomic mass is 10.1. The van der Waals surface area contributed by atoms with Crippen molar-refractivity contribution >= 4 is 15.9 Å². The van der Waals surface area contributed by atoms with Crippen LogP contribution >= 0.6 is 15.9 Å². The van der Waals surface area contributed by atoms with Crippen molar-refractivity contribution in [3.8, 4) is 5.75 Å².